The predicted octanol–water partition coefficient (Wildman–Crippen LogP) is 2.67. The minimum atomic E-state index is -0.207. The highest BCUT2D eigenvalue weighted by Gasteiger charge is 2.27. The lowest BCUT2D eigenvalue weighted by Gasteiger charge is -2.30. The van der Waals surface area contributed by atoms with Gasteiger partial charge >= 0.3 is 0 Å². The Kier molecular flexibility index (Phi) is 8.37. The topological polar surface area (TPSA) is 116 Å². The Hall–Kier alpha value is -2.45. The van der Waals surface area contributed by atoms with Crippen LogP contribution in [0.4, 0.5) is 0 Å². The van der Waals surface area contributed by atoms with Crippen molar-refractivity contribution in [3.63, 3.8) is 0 Å². The fourth-order valence-corrected chi connectivity index (χ4v) is 2.73. The summed E-state index contributed by atoms with van der Waals surface area (Å²) in [4.78, 5) is 12.5. The Morgan fingerprint density at radius 2 is 1.70 bits per heavy atom. The van der Waals surface area contributed by atoms with Gasteiger partial charge in [-0.25, -0.2) is 0 Å². The van der Waals surface area contributed by atoms with Gasteiger partial charge in [0.2, 0.25) is 11.7 Å². The molecule has 8 heteroatoms. The zero-order valence-corrected chi connectivity index (χ0v) is 18.7. The van der Waals surface area contributed by atoms with Crippen molar-refractivity contribution in [2.24, 2.45) is 16.6 Å². The minimum Gasteiger partial charge on any atom is -0.380 e. The molecule has 1 aromatic heterocycles. The third-order valence-electron chi connectivity index (χ3n) is 5.22. The van der Waals surface area contributed by atoms with E-state index in [1.54, 1.807) is 6.92 Å². The molecule has 1 heterocycles. The van der Waals surface area contributed by atoms with E-state index in [1.807, 2.05) is 24.3 Å². The second-order valence-corrected chi connectivity index (χ2v) is 8.95. The maximum absolute atomic E-state index is 12.5. The molecule has 1 aromatic carbocycles. The molecule has 0 saturated heterocycles. The standard InChI is InChI=1S/C22H34N6O2/c1-6-22(5,15-30-14-21(3,4)13-23)11-19(29)24-12-17-7-9-18(10-8-17)20-27-25-16(2)26-28-20/h7-10H,6,11-15,23H2,1-5H3,(H,24,29). The average Bonchev–Trinajstić information content (AvgIpc) is 2.73. The van der Waals surface area contributed by atoms with Crippen molar-refractivity contribution in [3.05, 3.63) is 35.7 Å². The van der Waals surface area contributed by atoms with Crippen LogP contribution in [0.5, 0.6) is 0 Å². The van der Waals surface area contributed by atoms with E-state index in [-0.39, 0.29) is 16.7 Å². The first-order chi connectivity index (χ1) is 14.2. The molecule has 1 amide bonds. The summed E-state index contributed by atoms with van der Waals surface area (Å²) in [5.74, 6) is 1.03. The summed E-state index contributed by atoms with van der Waals surface area (Å²) in [5.41, 5.74) is 7.33. The molecular weight excluding hydrogens is 380 g/mol. The molecule has 0 aliphatic rings. The molecule has 0 aliphatic carbocycles. The Morgan fingerprint density at radius 1 is 1.07 bits per heavy atom. The van der Waals surface area contributed by atoms with Gasteiger partial charge in [0.05, 0.1) is 13.2 Å². The van der Waals surface area contributed by atoms with E-state index in [1.165, 1.54) is 0 Å². The van der Waals surface area contributed by atoms with Crippen LogP contribution < -0.4 is 11.1 Å². The Balaban J connectivity index is 1.84. The third kappa shape index (κ3) is 7.42. The number of nitrogens with zero attached hydrogens (tertiary/aromatic N) is 4. The Bertz CT molecular complexity index is 807. The molecule has 0 spiro atoms. The van der Waals surface area contributed by atoms with Gasteiger partial charge in [-0.2, -0.15) is 0 Å². The number of hydrogen-bond acceptors (Lipinski definition) is 7. The molecule has 0 radical (unpaired) electrons. The van der Waals surface area contributed by atoms with Gasteiger partial charge in [-0.05, 0) is 30.9 Å². The van der Waals surface area contributed by atoms with Gasteiger partial charge in [-0.15, -0.1) is 20.4 Å². The highest BCUT2D eigenvalue weighted by Crippen LogP contribution is 2.27. The number of amides is 1. The second-order valence-electron chi connectivity index (χ2n) is 8.95. The first-order valence-corrected chi connectivity index (χ1v) is 10.3. The lowest BCUT2D eigenvalue weighted by atomic mass is 9.84. The summed E-state index contributed by atoms with van der Waals surface area (Å²) in [5, 5.41) is 18.9. The monoisotopic (exact) mass is 414 g/mol. The number of benzene rings is 1. The first kappa shape index (κ1) is 23.8. The molecule has 3 N–H and O–H groups in total. The van der Waals surface area contributed by atoms with E-state index in [2.05, 4.69) is 53.4 Å². The van der Waals surface area contributed by atoms with Crippen molar-refractivity contribution in [2.45, 2.75) is 54.0 Å². The second kappa shape index (κ2) is 10.5. The molecule has 0 aliphatic heterocycles. The van der Waals surface area contributed by atoms with Crippen molar-refractivity contribution in [1.29, 1.82) is 0 Å². The van der Waals surface area contributed by atoms with Crippen molar-refractivity contribution < 1.29 is 9.53 Å². The van der Waals surface area contributed by atoms with Crippen molar-refractivity contribution >= 4 is 5.91 Å². The largest absolute Gasteiger partial charge is 0.380 e. The smallest absolute Gasteiger partial charge is 0.220 e. The lowest BCUT2D eigenvalue weighted by molar-refractivity contribution is -0.124. The van der Waals surface area contributed by atoms with Crippen LogP contribution in [0.2, 0.25) is 0 Å². The Labute approximate surface area is 179 Å². The molecular formula is C22H34N6O2. The first-order valence-electron chi connectivity index (χ1n) is 10.3. The van der Waals surface area contributed by atoms with Crippen LogP contribution in [0.3, 0.4) is 0 Å². The summed E-state index contributed by atoms with van der Waals surface area (Å²) in [6.07, 6.45) is 1.27. The van der Waals surface area contributed by atoms with E-state index in [0.717, 1.165) is 17.5 Å². The average molecular weight is 415 g/mol. The molecule has 30 heavy (non-hydrogen) atoms. The molecule has 164 valence electrons. The van der Waals surface area contributed by atoms with Crippen LogP contribution in [0.1, 0.15) is 51.9 Å². The van der Waals surface area contributed by atoms with Crippen molar-refractivity contribution in [1.82, 2.24) is 25.7 Å². The summed E-state index contributed by atoms with van der Waals surface area (Å²) >= 11 is 0. The molecule has 0 fully saturated rings. The summed E-state index contributed by atoms with van der Waals surface area (Å²) in [7, 11) is 0. The number of hydrogen-bond donors (Lipinski definition) is 2. The molecule has 2 rings (SSSR count). The molecule has 1 atom stereocenters. The predicted molar refractivity (Wildman–Crippen MR) is 116 cm³/mol. The van der Waals surface area contributed by atoms with E-state index in [0.29, 0.717) is 44.4 Å². The number of carbonyl (C=O) groups is 1. The van der Waals surface area contributed by atoms with E-state index >= 15 is 0 Å². The zero-order valence-electron chi connectivity index (χ0n) is 18.7. The van der Waals surface area contributed by atoms with Gasteiger partial charge < -0.3 is 15.8 Å². The van der Waals surface area contributed by atoms with E-state index in [9.17, 15) is 4.79 Å². The summed E-state index contributed by atoms with van der Waals surface area (Å²) < 4.78 is 5.89. The number of ether oxygens (including phenoxy) is 1. The van der Waals surface area contributed by atoms with Crippen LogP contribution in [0.25, 0.3) is 11.4 Å². The molecule has 2 aromatic rings. The van der Waals surface area contributed by atoms with Crippen LogP contribution >= 0.6 is 0 Å². The van der Waals surface area contributed by atoms with Crippen LogP contribution in [0, 0.1) is 17.8 Å². The van der Waals surface area contributed by atoms with Gasteiger partial charge in [0.15, 0.2) is 5.82 Å². The van der Waals surface area contributed by atoms with Crippen LogP contribution in [-0.2, 0) is 16.1 Å². The molecule has 0 saturated carbocycles. The third-order valence-corrected chi connectivity index (χ3v) is 5.22. The number of rotatable bonds is 11. The maximum atomic E-state index is 12.5. The number of nitrogens with one attached hydrogen (secondary N) is 1. The van der Waals surface area contributed by atoms with E-state index < -0.39 is 0 Å². The van der Waals surface area contributed by atoms with Gasteiger partial charge in [0.1, 0.15) is 0 Å². The van der Waals surface area contributed by atoms with Crippen LogP contribution in [-0.4, -0.2) is 46.1 Å². The summed E-state index contributed by atoms with van der Waals surface area (Å²) in [6, 6.07) is 7.68. The summed E-state index contributed by atoms with van der Waals surface area (Å²) in [6.45, 7) is 12.2. The lowest BCUT2D eigenvalue weighted by Crippen LogP contribution is -2.35. The van der Waals surface area contributed by atoms with Gasteiger partial charge in [-0.1, -0.05) is 52.0 Å². The van der Waals surface area contributed by atoms with Crippen molar-refractivity contribution in [2.75, 3.05) is 19.8 Å². The number of aryl methyl sites for hydroxylation is 1. The fourth-order valence-electron chi connectivity index (χ4n) is 2.73. The quantitative estimate of drug-likeness (QED) is 0.580. The van der Waals surface area contributed by atoms with Gasteiger partial charge in [0, 0.05) is 23.9 Å². The number of nitrogens with two attached hydrogens (primary N) is 1. The normalized spacial score (nSPS) is 13.7. The van der Waals surface area contributed by atoms with Crippen LogP contribution in [0.15, 0.2) is 24.3 Å². The number of aromatic nitrogens is 4. The number of carbonyl (C=O) groups excluding carboxylic acids is 1. The van der Waals surface area contributed by atoms with Gasteiger partial charge in [-0.3, -0.25) is 4.79 Å². The van der Waals surface area contributed by atoms with Crippen molar-refractivity contribution in [3.8, 4) is 11.4 Å². The Morgan fingerprint density at radius 3 is 2.27 bits per heavy atom. The SMILES string of the molecule is CCC(C)(COCC(C)(C)CN)CC(=O)NCc1ccc(-c2nnc(C)nn2)cc1. The van der Waals surface area contributed by atoms with E-state index in [4.69, 9.17) is 10.5 Å². The minimum absolute atomic E-state index is 0.0142. The highest BCUT2D eigenvalue weighted by atomic mass is 16.5. The zero-order chi connectivity index (χ0) is 22.2. The highest BCUT2D eigenvalue weighted by molar-refractivity contribution is 5.76. The molecule has 8 nitrogen and oxygen atoms in total. The molecule has 0 bridgehead atoms. The maximum Gasteiger partial charge on any atom is 0.220 e. The molecule has 1 unspecified atom stereocenters. The fraction of sp³-hybridized carbons (Fsp3) is 0.591. The van der Waals surface area contributed by atoms with Gasteiger partial charge in [0.25, 0.3) is 0 Å².